The number of hydrogen-bond donors (Lipinski definition) is 2. The molecule has 7 nitrogen and oxygen atoms in total. The van der Waals surface area contributed by atoms with E-state index in [-0.39, 0.29) is 24.0 Å². The molecule has 1 rings (SSSR count). The van der Waals surface area contributed by atoms with Gasteiger partial charge in [0.25, 0.3) is 0 Å². The number of rotatable bonds is 7. The monoisotopic (exact) mass is 484 g/mol. The van der Waals surface area contributed by atoms with Gasteiger partial charge in [-0.1, -0.05) is 0 Å². The topological polar surface area (TPSA) is 75.2 Å². The Labute approximate surface area is 175 Å². The molecule has 0 bridgehead atoms. The van der Waals surface area contributed by atoms with E-state index in [1.165, 1.54) is 0 Å². The van der Waals surface area contributed by atoms with E-state index in [1.54, 1.807) is 0 Å². The molecular weight excluding hydrogens is 447 g/mol. The van der Waals surface area contributed by atoms with Gasteiger partial charge >= 0.3 is 6.09 Å². The zero-order valence-electron chi connectivity index (χ0n) is 17.0. The molecule has 0 aliphatic carbocycles. The number of halogens is 1. The van der Waals surface area contributed by atoms with Gasteiger partial charge in [0.15, 0.2) is 5.96 Å². The molecule has 154 valence electrons. The average Bonchev–Trinajstić information content (AvgIpc) is 2.55. The molecule has 0 aromatic rings. The van der Waals surface area contributed by atoms with Crippen LogP contribution in [0.2, 0.25) is 0 Å². The highest BCUT2D eigenvalue weighted by atomic mass is 127. The number of aliphatic imine (C=N–C) groups is 1. The van der Waals surface area contributed by atoms with Crippen LogP contribution in [0, 0.1) is 5.92 Å². The molecule has 1 amide bonds. The summed E-state index contributed by atoms with van der Waals surface area (Å²) < 4.78 is 10.6. The van der Waals surface area contributed by atoms with Crippen molar-refractivity contribution < 1.29 is 14.3 Å². The molecule has 0 radical (unpaired) electrons. The maximum atomic E-state index is 11.6. The summed E-state index contributed by atoms with van der Waals surface area (Å²) in [6.45, 7) is 12.1. The first-order valence-electron chi connectivity index (χ1n) is 9.36. The summed E-state index contributed by atoms with van der Waals surface area (Å²) in [5, 5.41) is 6.03. The molecule has 1 fully saturated rings. The molecule has 0 saturated carbocycles. The van der Waals surface area contributed by atoms with Crippen molar-refractivity contribution in [2.75, 3.05) is 46.4 Å². The van der Waals surface area contributed by atoms with Gasteiger partial charge in [0.1, 0.15) is 5.60 Å². The van der Waals surface area contributed by atoms with Crippen LogP contribution in [0.5, 0.6) is 0 Å². The largest absolute Gasteiger partial charge is 0.444 e. The lowest BCUT2D eigenvalue weighted by molar-refractivity contribution is 0.0529. The third kappa shape index (κ3) is 11.8. The fraction of sp³-hybridized carbons (Fsp3) is 0.889. The molecule has 0 aromatic heterocycles. The van der Waals surface area contributed by atoms with E-state index in [1.807, 2.05) is 20.8 Å². The van der Waals surface area contributed by atoms with Crippen molar-refractivity contribution in [2.45, 2.75) is 52.6 Å². The van der Waals surface area contributed by atoms with Gasteiger partial charge in [-0.3, -0.25) is 4.99 Å². The molecule has 0 unspecified atom stereocenters. The number of ether oxygens (including phenoxy) is 2. The lowest BCUT2D eigenvalue weighted by Crippen LogP contribution is -2.41. The Morgan fingerprint density at radius 2 is 1.92 bits per heavy atom. The number of amides is 1. The SMILES string of the molecule is CCNC(=NCCNC(=O)OC(C)(C)C)N(C)CCC1CCOCC1.I. The summed E-state index contributed by atoms with van der Waals surface area (Å²) in [5.74, 6) is 1.62. The van der Waals surface area contributed by atoms with E-state index in [2.05, 4.69) is 34.5 Å². The second-order valence-corrected chi connectivity index (χ2v) is 7.43. The van der Waals surface area contributed by atoms with Crippen LogP contribution in [0.15, 0.2) is 4.99 Å². The van der Waals surface area contributed by atoms with Crippen LogP contribution in [0.3, 0.4) is 0 Å². The Bertz CT molecular complexity index is 421. The highest BCUT2D eigenvalue weighted by Crippen LogP contribution is 2.18. The van der Waals surface area contributed by atoms with Crippen LogP contribution in [-0.2, 0) is 9.47 Å². The lowest BCUT2D eigenvalue weighted by atomic mass is 9.96. The van der Waals surface area contributed by atoms with Crippen molar-refractivity contribution in [3.8, 4) is 0 Å². The number of alkyl carbamates (subject to hydrolysis) is 1. The molecule has 1 heterocycles. The first-order valence-corrected chi connectivity index (χ1v) is 9.36. The molecule has 1 saturated heterocycles. The normalized spacial score (nSPS) is 15.8. The highest BCUT2D eigenvalue weighted by Gasteiger charge is 2.16. The first kappa shape index (κ1) is 25.2. The fourth-order valence-electron chi connectivity index (χ4n) is 2.62. The summed E-state index contributed by atoms with van der Waals surface area (Å²) in [5.41, 5.74) is -0.480. The van der Waals surface area contributed by atoms with E-state index in [0.717, 1.165) is 57.4 Å². The number of hydrogen-bond acceptors (Lipinski definition) is 4. The molecule has 0 atom stereocenters. The number of nitrogens with one attached hydrogen (secondary N) is 2. The van der Waals surface area contributed by atoms with Crippen LogP contribution in [-0.4, -0.2) is 69.0 Å². The first-order chi connectivity index (χ1) is 11.8. The minimum absolute atomic E-state index is 0. The fourth-order valence-corrected chi connectivity index (χ4v) is 2.62. The molecule has 0 spiro atoms. The summed E-state index contributed by atoms with van der Waals surface area (Å²) in [6, 6.07) is 0. The van der Waals surface area contributed by atoms with E-state index in [4.69, 9.17) is 9.47 Å². The van der Waals surface area contributed by atoms with Crippen molar-refractivity contribution >= 4 is 36.0 Å². The van der Waals surface area contributed by atoms with Crippen molar-refractivity contribution in [3.05, 3.63) is 0 Å². The maximum absolute atomic E-state index is 11.6. The molecule has 8 heteroatoms. The van der Waals surface area contributed by atoms with Crippen molar-refractivity contribution in [2.24, 2.45) is 10.9 Å². The van der Waals surface area contributed by atoms with Gasteiger partial charge in [0.2, 0.25) is 0 Å². The highest BCUT2D eigenvalue weighted by molar-refractivity contribution is 14.0. The molecule has 1 aliphatic heterocycles. The predicted molar refractivity (Wildman–Crippen MR) is 116 cm³/mol. The number of guanidine groups is 1. The van der Waals surface area contributed by atoms with Gasteiger partial charge in [-0.15, -0.1) is 24.0 Å². The van der Waals surface area contributed by atoms with Crippen LogP contribution >= 0.6 is 24.0 Å². The minimum Gasteiger partial charge on any atom is -0.444 e. The molecule has 2 N–H and O–H groups in total. The smallest absolute Gasteiger partial charge is 0.407 e. The van der Waals surface area contributed by atoms with Crippen molar-refractivity contribution in [1.29, 1.82) is 0 Å². The van der Waals surface area contributed by atoms with E-state index >= 15 is 0 Å². The zero-order chi connectivity index (χ0) is 18.7. The summed E-state index contributed by atoms with van der Waals surface area (Å²) >= 11 is 0. The number of carbonyl (C=O) groups excluding carboxylic acids is 1. The van der Waals surface area contributed by atoms with Crippen molar-refractivity contribution in [1.82, 2.24) is 15.5 Å². The van der Waals surface area contributed by atoms with Gasteiger partial charge in [0, 0.05) is 39.9 Å². The lowest BCUT2D eigenvalue weighted by Gasteiger charge is -2.27. The summed E-state index contributed by atoms with van der Waals surface area (Å²) in [4.78, 5) is 18.4. The Kier molecular flexibility index (Phi) is 13.0. The van der Waals surface area contributed by atoms with Gasteiger partial charge in [-0.25, -0.2) is 4.79 Å². The van der Waals surface area contributed by atoms with E-state index in [0.29, 0.717) is 13.1 Å². The average molecular weight is 484 g/mol. The standard InChI is InChI=1S/C18H36N4O3.HI/c1-6-19-16(20-10-11-21-17(23)25-18(2,3)4)22(5)12-7-15-8-13-24-14-9-15;/h15H,6-14H2,1-5H3,(H,19,20)(H,21,23);1H. The molecule has 0 aromatic carbocycles. The Morgan fingerprint density at radius 3 is 2.50 bits per heavy atom. The van der Waals surface area contributed by atoms with Crippen molar-refractivity contribution in [3.63, 3.8) is 0 Å². The molecule has 26 heavy (non-hydrogen) atoms. The van der Waals surface area contributed by atoms with Gasteiger partial charge in [-0.2, -0.15) is 0 Å². The third-order valence-electron chi connectivity index (χ3n) is 3.95. The third-order valence-corrected chi connectivity index (χ3v) is 3.95. The minimum atomic E-state index is -0.480. The van der Waals surface area contributed by atoms with Gasteiger partial charge < -0.3 is 25.0 Å². The maximum Gasteiger partial charge on any atom is 0.407 e. The van der Waals surface area contributed by atoms with Crippen LogP contribution in [0.25, 0.3) is 0 Å². The molecular formula is C18H37IN4O3. The van der Waals surface area contributed by atoms with Crippen LogP contribution in [0.1, 0.15) is 47.0 Å². The summed E-state index contributed by atoms with van der Waals surface area (Å²) in [7, 11) is 2.06. The second-order valence-electron chi connectivity index (χ2n) is 7.43. The van der Waals surface area contributed by atoms with Crippen LogP contribution < -0.4 is 10.6 Å². The number of nitrogens with zero attached hydrogens (tertiary/aromatic N) is 2. The van der Waals surface area contributed by atoms with E-state index in [9.17, 15) is 4.79 Å². The quantitative estimate of drug-likeness (QED) is 0.252. The van der Waals surface area contributed by atoms with Gasteiger partial charge in [0.05, 0.1) is 6.54 Å². The Hall–Kier alpha value is -0.770. The second kappa shape index (κ2) is 13.4. The van der Waals surface area contributed by atoms with E-state index < -0.39 is 11.7 Å². The summed E-state index contributed by atoms with van der Waals surface area (Å²) in [6.07, 6.45) is 3.06. The Morgan fingerprint density at radius 1 is 1.27 bits per heavy atom. The molecule has 1 aliphatic rings. The zero-order valence-corrected chi connectivity index (χ0v) is 19.3. The van der Waals surface area contributed by atoms with Gasteiger partial charge in [-0.05, 0) is 52.9 Å². The predicted octanol–water partition coefficient (Wildman–Crippen LogP) is 2.84. The van der Waals surface area contributed by atoms with Crippen LogP contribution in [0.4, 0.5) is 4.79 Å². The Balaban J connectivity index is 0.00000625. The number of carbonyl (C=O) groups is 1.